The van der Waals surface area contributed by atoms with Crippen LogP contribution < -0.4 is 0 Å². The molecular formula is C3H10Cl3Si. The summed E-state index contributed by atoms with van der Waals surface area (Å²) in [6.07, 6.45) is 1.23. The van der Waals surface area contributed by atoms with Gasteiger partial charge >= 0.3 is 0 Å². The zero-order valence-electron chi connectivity index (χ0n) is 4.14. The first-order chi connectivity index (χ1) is 1.91. The Bertz CT molecular complexity index is 12.1. The van der Waals surface area contributed by atoms with Gasteiger partial charge in [-0.2, -0.15) is 0 Å². The van der Waals surface area contributed by atoms with E-state index in [-0.39, 0.29) is 37.2 Å². The van der Waals surface area contributed by atoms with Gasteiger partial charge in [-0.25, -0.2) is 0 Å². The Hall–Kier alpha value is 1.09. The zero-order chi connectivity index (χ0) is 3.41. The fourth-order valence-corrected chi connectivity index (χ4v) is 0. The molecule has 0 aliphatic carbocycles. The maximum Gasteiger partial charge on any atom is 0.0222 e. The van der Waals surface area contributed by atoms with Crippen molar-refractivity contribution in [1.82, 2.24) is 0 Å². The molecule has 0 N–H and O–H groups in total. The molecule has 0 saturated heterocycles. The summed E-state index contributed by atoms with van der Waals surface area (Å²) in [5, 5.41) is 0. The second-order valence-corrected chi connectivity index (χ2v) is 1.25. The molecule has 0 aromatic rings. The molecule has 0 aliphatic heterocycles. The average molecular weight is 181 g/mol. The summed E-state index contributed by atoms with van der Waals surface area (Å²) < 4.78 is 0. The van der Waals surface area contributed by atoms with Gasteiger partial charge in [0, 0.05) is 10.2 Å². The fraction of sp³-hybridized carbons (Fsp3) is 1.00. The van der Waals surface area contributed by atoms with E-state index in [4.69, 9.17) is 0 Å². The lowest BCUT2D eigenvalue weighted by molar-refractivity contribution is 1.08. The highest BCUT2D eigenvalue weighted by atomic mass is 35.5. The van der Waals surface area contributed by atoms with Crippen molar-refractivity contribution in [3.8, 4) is 0 Å². The summed E-state index contributed by atoms with van der Waals surface area (Å²) in [7, 11) is 3.29. The van der Waals surface area contributed by atoms with E-state index < -0.39 is 0 Å². The van der Waals surface area contributed by atoms with Crippen LogP contribution in [0, 0.1) is 0 Å². The highest BCUT2D eigenvalue weighted by Gasteiger charge is 1.57. The van der Waals surface area contributed by atoms with Crippen LogP contribution in [-0.2, 0) is 0 Å². The van der Waals surface area contributed by atoms with Crippen LogP contribution in [0.3, 0.4) is 0 Å². The fourth-order valence-electron chi connectivity index (χ4n) is 0. The van der Waals surface area contributed by atoms with E-state index in [0.717, 1.165) is 6.04 Å². The minimum atomic E-state index is 0. The molecule has 0 aromatic carbocycles. The molecule has 0 saturated carbocycles. The van der Waals surface area contributed by atoms with Gasteiger partial charge in [0.1, 0.15) is 0 Å². The molecule has 0 fully saturated rings. The summed E-state index contributed by atoms with van der Waals surface area (Å²) in [6.45, 7) is 2.13. The van der Waals surface area contributed by atoms with Gasteiger partial charge in [0.15, 0.2) is 0 Å². The third-order valence-corrected chi connectivity index (χ3v) is 0.750. The van der Waals surface area contributed by atoms with Crippen LogP contribution >= 0.6 is 37.2 Å². The van der Waals surface area contributed by atoms with Crippen LogP contribution in [0.1, 0.15) is 13.3 Å². The third-order valence-electron chi connectivity index (χ3n) is 0.250. The van der Waals surface area contributed by atoms with Gasteiger partial charge in [0.05, 0.1) is 0 Å². The van der Waals surface area contributed by atoms with Crippen molar-refractivity contribution in [2.75, 3.05) is 0 Å². The summed E-state index contributed by atoms with van der Waals surface area (Å²) in [5.74, 6) is 0. The predicted octanol–water partition coefficient (Wildman–Crippen LogP) is 2.25. The van der Waals surface area contributed by atoms with Crippen molar-refractivity contribution in [3.05, 3.63) is 0 Å². The molecule has 0 aliphatic rings. The molecular weight excluding hydrogens is 170 g/mol. The smallest absolute Gasteiger partial charge is 0.0222 e. The lowest BCUT2D eigenvalue weighted by Crippen LogP contribution is -1.55. The Morgan fingerprint density at radius 2 is 1.29 bits per heavy atom. The number of hydrogen-bond donors (Lipinski definition) is 0. The number of rotatable bonds is 1. The highest BCUT2D eigenvalue weighted by Crippen LogP contribution is 1.73. The van der Waals surface area contributed by atoms with E-state index in [9.17, 15) is 0 Å². The van der Waals surface area contributed by atoms with Crippen LogP contribution in [0.15, 0.2) is 0 Å². The van der Waals surface area contributed by atoms with Gasteiger partial charge in [0.2, 0.25) is 0 Å². The largest absolute Gasteiger partial charge is 0.147 e. The van der Waals surface area contributed by atoms with Crippen molar-refractivity contribution < 1.29 is 0 Å². The topological polar surface area (TPSA) is 0 Å². The molecule has 0 atom stereocenters. The minimum Gasteiger partial charge on any atom is -0.147 e. The molecule has 0 amide bonds. The predicted molar refractivity (Wildman–Crippen MR) is 42.6 cm³/mol. The normalized spacial score (nSPS) is 4.29. The maximum atomic E-state index is 3.29. The van der Waals surface area contributed by atoms with Crippen LogP contribution in [-0.4, -0.2) is 10.2 Å². The molecule has 0 spiro atoms. The Morgan fingerprint density at radius 1 is 1.14 bits per heavy atom. The molecule has 47 valence electrons. The molecule has 0 bridgehead atoms. The monoisotopic (exact) mass is 179 g/mol. The third kappa shape index (κ3) is 42.1. The van der Waals surface area contributed by atoms with Crippen LogP contribution in [0.5, 0.6) is 0 Å². The van der Waals surface area contributed by atoms with Crippen molar-refractivity contribution >= 4 is 47.5 Å². The average Bonchev–Trinajstić information content (AvgIpc) is 1.37. The summed E-state index contributed by atoms with van der Waals surface area (Å²) in [6, 6.07) is 1.12. The Balaban J connectivity index is -0.0000000150. The van der Waals surface area contributed by atoms with Gasteiger partial charge in [-0.3, -0.25) is 0 Å². The molecule has 0 heterocycles. The summed E-state index contributed by atoms with van der Waals surface area (Å²) in [5.41, 5.74) is 0. The molecule has 7 heavy (non-hydrogen) atoms. The molecule has 3 radical (unpaired) electrons. The molecule has 0 aromatic heterocycles. The molecule has 0 unspecified atom stereocenters. The van der Waals surface area contributed by atoms with Crippen LogP contribution in [0.2, 0.25) is 6.04 Å². The van der Waals surface area contributed by atoms with E-state index >= 15 is 0 Å². The van der Waals surface area contributed by atoms with Crippen molar-refractivity contribution in [1.29, 1.82) is 0 Å². The van der Waals surface area contributed by atoms with Gasteiger partial charge in [-0.1, -0.05) is 19.4 Å². The zero-order valence-corrected chi connectivity index (χ0v) is 7.59. The SMILES string of the molecule is CCC[Si].Cl.Cl.Cl. The van der Waals surface area contributed by atoms with Crippen molar-refractivity contribution in [2.45, 2.75) is 19.4 Å². The Labute approximate surface area is 67.1 Å². The van der Waals surface area contributed by atoms with Crippen LogP contribution in [0.4, 0.5) is 0 Å². The van der Waals surface area contributed by atoms with E-state index in [1.807, 2.05) is 0 Å². The first-order valence-corrected chi connectivity index (χ1v) is 2.27. The van der Waals surface area contributed by atoms with Gasteiger partial charge < -0.3 is 0 Å². The Morgan fingerprint density at radius 3 is 1.29 bits per heavy atom. The van der Waals surface area contributed by atoms with E-state index in [0.29, 0.717) is 0 Å². The standard InChI is InChI=1S/C3H7Si.3ClH/c1-2-3-4;;;/h2-3H2,1H3;3*1H. The number of hydrogen-bond acceptors (Lipinski definition) is 0. The second-order valence-electron chi connectivity index (χ2n) is 0.750. The van der Waals surface area contributed by atoms with Crippen molar-refractivity contribution in [3.63, 3.8) is 0 Å². The maximum absolute atomic E-state index is 3.29. The van der Waals surface area contributed by atoms with E-state index in [1.54, 1.807) is 0 Å². The number of halogens is 3. The lowest BCUT2D eigenvalue weighted by atomic mass is 10.6. The first-order valence-electron chi connectivity index (χ1n) is 1.56. The molecule has 4 heteroatoms. The molecule has 0 nitrogen and oxygen atoms in total. The Kier molecular flexibility index (Phi) is 95.7. The minimum absolute atomic E-state index is 0. The van der Waals surface area contributed by atoms with Gasteiger partial charge in [-0.15, -0.1) is 37.2 Å². The van der Waals surface area contributed by atoms with Crippen molar-refractivity contribution in [2.24, 2.45) is 0 Å². The first kappa shape index (κ1) is 24.3. The lowest BCUT2D eigenvalue weighted by Gasteiger charge is -1.67. The van der Waals surface area contributed by atoms with E-state index in [2.05, 4.69) is 17.2 Å². The van der Waals surface area contributed by atoms with Crippen LogP contribution in [0.25, 0.3) is 0 Å². The second kappa shape index (κ2) is 27.6. The van der Waals surface area contributed by atoms with Gasteiger partial charge in [-0.05, 0) is 0 Å². The van der Waals surface area contributed by atoms with E-state index in [1.165, 1.54) is 6.42 Å². The summed E-state index contributed by atoms with van der Waals surface area (Å²) >= 11 is 0. The molecule has 0 rings (SSSR count). The highest BCUT2D eigenvalue weighted by molar-refractivity contribution is 6.08. The van der Waals surface area contributed by atoms with Gasteiger partial charge in [0.25, 0.3) is 0 Å². The summed E-state index contributed by atoms with van der Waals surface area (Å²) in [4.78, 5) is 0. The quantitative estimate of drug-likeness (QED) is 0.543.